The maximum absolute atomic E-state index is 9.05. The van der Waals surface area contributed by atoms with Crippen LogP contribution in [0.25, 0.3) is 0 Å². The molecule has 0 unspecified atom stereocenters. The molecule has 3 heteroatoms. The molecule has 0 aromatic heterocycles. The van der Waals surface area contributed by atoms with E-state index in [9.17, 15) is 0 Å². The van der Waals surface area contributed by atoms with Crippen molar-refractivity contribution >= 4 is 0 Å². The van der Waals surface area contributed by atoms with E-state index in [0.29, 0.717) is 11.5 Å². The second kappa shape index (κ2) is 18.7. The van der Waals surface area contributed by atoms with Crippen LogP contribution >= 0.6 is 0 Å². The SMILES string of the molecule is C=C/C=C(\CCO)C(C)(C)CC(C)(C)C.CC.CN.COC(C)C. The number of hydrogen-bond donors (Lipinski definition) is 2. The van der Waals surface area contributed by atoms with E-state index in [1.54, 1.807) is 7.11 Å². The Morgan fingerprint density at radius 3 is 1.71 bits per heavy atom. The third-order valence-corrected chi connectivity index (χ3v) is 3.01. The minimum atomic E-state index is 0.134. The zero-order valence-electron chi connectivity index (χ0n) is 18.5. The molecule has 24 heavy (non-hydrogen) atoms. The van der Waals surface area contributed by atoms with E-state index in [4.69, 9.17) is 9.84 Å². The molecule has 0 saturated heterocycles. The Morgan fingerprint density at radius 2 is 1.50 bits per heavy atom. The monoisotopic (exact) mass is 345 g/mol. The molecular formula is C21H47NO2. The Hall–Kier alpha value is -0.640. The highest BCUT2D eigenvalue weighted by Crippen LogP contribution is 2.39. The summed E-state index contributed by atoms with van der Waals surface area (Å²) in [6.07, 6.45) is 6.10. The summed E-state index contributed by atoms with van der Waals surface area (Å²) in [5.74, 6) is 0. The van der Waals surface area contributed by atoms with Crippen molar-refractivity contribution in [3.05, 3.63) is 24.3 Å². The summed E-state index contributed by atoms with van der Waals surface area (Å²) in [7, 11) is 3.20. The molecular weight excluding hydrogens is 298 g/mol. The normalized spacial score (nSPS) is 11.3. The van der Waals surface area contributed by atoms with E-state index in [-0.39, 0.29) is 12.0 Å². The standard InChI is InChI=1S/C14H26O.C4H10O.C2H6.CH5N/c1-7-8-12(9-10-15)14(5,6)11-13(2,3)4;1-4(2)5-3;2*1-2/h7-8,15H,1,9-11H2,2-6H3;4H,1-3H3;1-2H3;2H2,1H3/b12-8+;;;. The van der Waals surface area contributed by atoms with Crippen LogP contribution in [0.5, 0.6) is 0 Å². The first-order valence-electron chi connectivity index (χ1n) is 9.03. The lowest BCUT2D eigenvalue weighted by molar-refractivity contribution is 0.134. The first-order valence-corrected chi connectivity index (χ1v) is 9.03. The summed E-state index contributed by atoms with van der Waals surface area (Å²) >= 11 is 0. The largest absolute Gasteiger partial charge is 0.396 e. The van der Waals surface area contributed by atoms with Gasteiger partial charge in [-0.2, -0.15) is 0 Å². The molecule has 0 aliphatic heterocycles. The van der Waals surface area contributed by atoms with E-state index < -0.39 is 0 Å². The lowest BCUT2D eigenvalue weighted by Crippen LogP contribution is -2.23. The third kappa shape index (κ3) is 23.6. The first-order chi connectivity index (χ1) is 11.0. The maximum atomic E-state index is 9.05. The molecule has 0 rings (SSSR count). The van der Waals surface area contributed by atoms with Crippen molar-refractivity contribution < 1.29 is 9.84 Å². The van der Waals surface area contributed by atoms with Crippen LogP contribution in [0.3, 0.4) is 0 Å². The Bertz CT molecular complexity index is 287. The summed E-state index contributed by atoms with van der Waals surface area (Å²) in [4.78, 5) is 0. The molecule has 0 bridgehead atoms. The highest BCUT2D eigenvalue weighted by atomic mass is 16.5. The minimum Gasteiger partial charge on any atom is -0.396 e. The van der Waals surface area contributed by atoms with Crippen molar-refractivity contribution in [3.63, 3.8) is 0 Å². The maximum Gasteiger partial charge on any atom is 0.0515 e. The lowest BCUT2D eigenvalue weighted by atomic mass is 9.71. The average Bonchev–Trinajstić information content (AvgIpc) is 2.49. The fraction of sp³-hybridized carbons (Fsp3) is 0.810. The summed E-state index contributed by atoms with van der Waals surface area (Å²) in [5.41, 5.74) is 6.23. The molecule has 0 aromatic carbocycles. The van der Waals surface area contributed by atoms with E-state index in [0.717, 1.165) is 12.8 Å². The molecule has 0 aromatic rings. The number of nitrogens with two attached hydrogens (primary N) is 1. The van der Waals surface area contributed by atoms with Crippen LogP contribution in [0.4, 0.5) is 0 Å². The smallest absolute Gasteiger partial charge is 0.0515 e. The molecule has 0 spiro atoms. The van der Waals surface area contributed by atoms with Crippen molar-refractivity contribution in [2.24, 2.45) is 16.6 Å². The van der Waals surface area contributed by atoms with Crippen LogP contribution in [0.1, 0.15) is 75.2 Å². The van der Waals surface area contributed by atoms with Crippen LogP contribution in [-0.2, 0) is 4.74 Å². The predicted octanol–water partition coefficient (Wildman–Crippen LogP) is 5.59. The van der Waals surface area contributed by atoms with Gasteiger partial charge in [-0.3, -0.25) is 0 Å². The molecule has 0 saturated carbocycles. The molecule has 3 N–H and O–H groups in total. The number of rotatable bonds is 6. The molecule has 0 atom stereocenters. The topological polar surface area (TPSA) is 55.5 Å². The third-order valence-electron chi connectivity index (χ3n) is 3.01. The number of hydrogen-bond acceptors (Lipinski definition) is 3. The van der Waals surface area contributed by atoms with Gasteiger partial charge in [0.25, 0.3) is 0 Å². The second-order valence-electron chi connectivity index (χ2n) is 7.31. The molecule has 0 aliphatic carbocycles. The summed E-state index contributed by atoms with van der Waals surface area (Å²) in [6, 6.07) is 0. The summed E-state index contributed by atoms with van der Waals surface area (Å²) in [5, 5.41) is 9.05. The molecule has 0 amide bonds. The van der Waals surface area contributed by atoms with Crippen molar-refractivity contribution in [3.8, 4) is 0 Å². The van der Waals surface area contributed by atoms with Crippen LogP contribution in [-0.4, -0.2) is 32.0 Å². The number of ether oxygens (including phenoxy) is 1. The van der Waals surface area contributed by atoms with Gasteiger partial charge in [-0.15, -0.1) is 0 Å². The molecule has 0 radical (unpaired) electrons. The predicted molar refractivity (Wildman–Crippen MR) is 111 cm³/mol. The van der Waals surface area contributed by atoms with Gasteiger partial charge in [0.15, 0.2) is 0 Å². The number of allylic oxidation sites excluding steroid dienone is 2. The number of methoxy groups -OCH3 is 1. The fourth-order valence-corrected chi connectivity index (χ4v) is 2.35. The Morgan fingerprint density at radius 1 is 1.12 bits per heavy atom. The minimum absolute atomic E-state index is 0.134. The quantitative estimate of drug-likeness (QED) is 0.617. The van der Waals surface area contributed by atoms with E-state index in [2.05, 4.69) is 46.9 Å². The molecule has 0 heterocycles. The van der Waals surface area contributed by atoms with Gasteiger partial charge >= 0.3 is 0 Å². The van der Waals surface area contributed by atoms with Gasteiger partial charge < -0.3 is 15.6 Å². The summed E-state index contributed by atoms with van der Waals surface area (Å²) in [6.45, 7) is 23.2. The molecule has 0 fully saturated rings. The van der Waals surface area contributed by atoms with Gasteiger partial charge in [-0.05, 0) is 44.6 Å². The Labute approximate surface area is 153 Å². The zero-order valence-corrected chi connectivity index (χ0v) is 18.5. The van der Waals surface area contributed by atoms with Gasteiger partial charge in [0, 0.05) is 13.7 Å². The lowest BCUT2D eigenvalue weighted by Gasteiger charge is -2.34. The first kappa shape index (κ1) is 31.2. The second-order valence-corrected chi connectivity index (χ2v) is 7.31. The van der Waals surface area contributed by atoms with Gasteiger partial charge in [0.05, 0.1) is 6.10 Å². The van der Waals surface area contributed by atoms with Gasteiger partial charge in [0.2, 0.25) is 0 Å². The van der Waals surface area contributed by atoms with Gasteiger partial charge in [0.1, 0.15) is 0 Å². The Kier molecular flexibility index (Phi) is 24.3. The van der Waals surface area contributed by atoms with Crippen LogP contribution in [0, 0.1) is 10.8 Å². The van der Waals surface area contributed by atoms with Crippen molar-refractivity contribution in [1.82, 2.24) is 0 Å². The summed E-state index contributed by atoms with van der Waals surface area (Å²) < 4.78 is 4.75. The number of aliphatic hydroxyl groups is 1. The average molecular weight is 346 g/mol. The molecule has 0 aliphatic rings. The van der Waals surface area contributed by atoms with Crippen LogP contribution < -0.4 is 5.73 Å². The molecule has 3 nitrogen and oxygen atoms in total. The number of aliphatic hydroxyl groups excluding tert-OH is 1. The van der Waals surface area contributed by atoms with Crippen LogP contribution in [0.2, 0.25) is 0 Å². The van der Waals surface area contributed by atoms with Crippen molar-refractivity contribution in [2.75, 3.05) is 20.8 Å². The van der Waals surface area contributed by atoms with E-state index in [1.165, 1.54) is 12.6 Å². The van der Waals surface area contributed by atoms with E-state index >= 15 is 0 Å². The van der Waals surface area contributed by atoms with Gasteiger partial charge in [-0.1, -0.05) is 72.8 Å². The zero-order chi connectivity index (χ0) is 20.4. The van der Waals surface area contributed by atoms with Gasteiger partial charge in [-0.25, -0.2) is 0 Å². The molecule has 148 valence electrons. The van der Waals surface area contributed by atoms with E-state index in [1.807, 2.05) is 39.8 Å². The van der Waals surface area contributed by atoms with Crippen molar-refractivity contribution in [1.29, 1.82) is 0 Å². The highest BCUT2D eigenvalue weighted by molar-refractivity contribution is 5.18. The van der Waals surface area contributed by atoms with Crippen molar-refractivity contribution in [2.45, 2.75) is 81.3 Å². The fourth-order valence-electron chi connectivity index (χ4n) is 2.35. The Balaban J connectivity index is -0.000000186. The van der Waals surface area contributed by atoms with Crippen LogP contribution in [0.15, 0.2) is 24.3 Å². The highest BCUT2D eigenvalue weighted by Gasteiger charge is 2.28.